The third-order valence-corrected chi connectivity index (χ3v) is 6.97. The maximum Gasteiger partial charge on any atom is 0.270 e. The molecule has 32 heavy (non-hydrogen) atoms. The fraction of sp³-hybridized carbons (Fsp3) is 0.478. The van der Waals surface area contributed by atoms with Crippen LogP contribution in [0.3, 0.4) is 0 Å². The predicted molar refractivity (Wildman–Crippen MR) is 118 cm³/mol. The average molecular weight is 461 g/mol. The fourth-order valence-electron chi connectivity index (χ4n) is 4.88. The van der Waals surface area contributed by atoms with Gasteiger partial charge in [-0.2, -0.15) is 0 Å². The van der Waals surface area contributed by atoms with Gasteiger partial charge in [0.25, 0.3) is 5.91 Å². The molecule has 1 aromatic carbocycles. The molecule has 9 heteroatoms. The molecular formula is C23H26ClFN4O3. The van der Waals surface area contributed by atoms with Crippen molar-refractivity contribution in [2.75, 3.05) is 11.4 Å². The SMILES string of the molecule is CCC(=O)c1nc[nH]c1C(=O)NC1CCC2(CCCN(c3ccc(F)cc3Cl)C2=O)CC1. The van der Waals surface area contributed by atoms with E-state index in [1.807, 2.05) is 0 Å². The Morgan fingerprint density at radius 1 is 1.31 bits per heavy atom. The number of nitrogens with one attached hydrogen (secondary N) is 2. The third kappa shape index (κ3) is 4.16. The number of halogens is 2. The molecule has 4 rings (SSSR count). The number of anilines is 1. The van der Waals surface area contributed by atoms with E-state index in [2.05, 4.69) is 15.3 Å². The van der Waals surface area contributed by atoms with Gasteiger partial charge in [-0.15, -0.1) is 0 Å². The summed E-state index contributed by atoms with van der Waals surface area (Å²) in [4.78, 5) is 46.5. The lowest BCUT2D eigenvalue weighted by Gasteiger charge is -2.45. The molecule has 2 aliphatic rings. The van der Waals surface area contributed by atoms with Crippen LogP contribution in [0.25, 0.3) is 0 Å². The molecule has 0 bridgehead atoms. The number of carbonyl (C=O) groups is 3. The number of hydrogen-bond donors (Lipinski definition) is 2. The van der Waals surface area contributed by atoms with Crippen molar-refractivity contribution in [3.05, 3.63) is 46.8 Å². The van der Waals surface area contributed by atoms with E-state index < -0.39 is 11.2 Å². The first-order valence-electron chi connectivity index (χ1n) is 11.0. The number of imidazole rings is 1. The van der Waals surface area contributed by atoms with Crippen LogP contribution in [0, 0.1) is 11.2 Å². The minimum absolute atomic E-state index is 0.0198. The van der Waals surface area contributed by atoms with Crippen LogP contribution in [-0.2, 0) is 4.79 Å². The Balaban J connectivity index is 1.42. The highest BCUT2D eigenvalue weighted by Crippen LogP contribution is 2.46. The Hall–Kier alpha value is -2.74. The van der Waals surface area contributed by atoms with E-state index >= 15 is 0 Å². The number of piperidine rings is 1. The van der Waals surface area contributed by atoms with Crippen LogP contribution in [0.1, 0.15) is 72.8 Å². The second kappa shape index (κ2) is 9.02. The molecule has 1 aliphatic heterocycles. The first-order valence-corrected chi connectivity index (χ1v) is 11.4. The molecule has 1 aromatic heterocycles. The molecule has 1 saturated carbocycles. The molecule has 2 fully saturated rings. The second-order valence-electron chi connectivity index (χ2n) is 8.59. The van der Waals surface area contributed by atoms with E-state index in [4.69, 9.17) is 11.6 Å². The van der Waals surface area contributed by atoms with Crippen LogP contribution in [0.4, 0.5) is 10.1 Å². The molecule has 0 atom stereocenters. The topological polar surface area (TPSA) is 95.2 Å². The molecule has 2 amide bonds. The zero-order valence-electron chi connectivity index (χ0n) is 17.9. The Morgan fingerprint density at radius 2 is 2.06 bits per heavy atom. The first-order chi connectivity index (χ1) is 15.3. The quantitative estimate of drug-likeness (QED) is 0.651. The van der Waals surface area contributed by atoms with E-state index in [1.54, 1.807) is 17.9 Å². The highest BCUT2D eigenvalue weighted by molar-refractivity contribution is 6.33. The molecule has 1 aliphatic carbocycles. The summed E-state index contributed by atoms with van der Waals surface area (Å²) in [5.74, 6) is -0.956. The molecule has 1 spiro atoms. The number of hydrogen-bond acceptors (Lipinski definition) is 4. The number of rotatable bonds is 5. The highest BCUT2D eigenvalue weighted by Gasteiger charge is 2.46. The van der Waals surface area contributed by atoms with E-state index in [-0.39, 0.29) is 46.5 Å². The molecule has 7 nitrogen and oxygen atoms in total. The number of Topliss-reactive ketones (excluding diaryl/α,β-unsaturated/α-hetero) is 1. The Kier molecular flexibility index (Phi) is 6.33. The number of amides is 2. The van der Waals surface area contributed by atoms with E-state index in [1.165, 1.54) is 18.5 Å². The molecule has 2 N–H and O–H groups in total. The van der Waals surface area contributed by atoms with Crippen molar-refractivity contribution in [2.24, 2.45) is 5.41 Å². The highest BCUT2D eigenvalue weighted by atomic mass is 35.5. The molecule has 1 saturated heterocycles. The van der Waals surface area contributed by atoms with Crippen molar-refractivity contribution in [3.63, 3.8) is 0 Å². The van der Waals surface area contributed by atoms with Gasteiger partial charge in [-0.05, 0) is 56.7 Å². The van der Waals surface area contributed by atoms with Crippen LogP contribution in [-0.4, -0.2) is 40.2 Å². The van der Waals surface area contributed by atoms with E-state index in [9.17, 15) is 18.8 Å². The minimum atomic E-state index is -0.492. The van der Waals surface area contributed by atoms with Crippen molar-refractivity contribution in [3.8, 4) is 0 Å². The summed E-state index contributed by atoms with van der Waals surface area (Å²) in [6.07, 6.45) is 5.87. The van der Waals surface area contributed by atoms with Gasteiger partial charge in [0, 0.05) is 24.4 Å². The van der Waals surface area contributed by atoms with Gasteiger partial charge in [0.05, 0.1) is 17.0 Å². The molecular weight excluding hydrogens is 435 g/mol. The summed E-state index contributed by atoms with van der Waals surface area (Å²) in [5, 5.41) is 3.22. The first kappa shape index (κ1) is 22.5. The zero-order chi connectivity index (χ0) is 22.9. The van der Waals surface area contributed by atoms with Gasteiger partial charge in [-0.1, -0.05) is 18.5 Å². The summed E-state index contributed by atoms with van der Waals surface area (Å²) in [7, 11) is 0. The van der Waals surface area contributed by atoms with Crippen molar-refractivity contribution in [1.82, 2.24) is 15.3 Å². The van der Waals surface area contributed by atoms with E-state index in [0.29, 0.717) is 37.9 Å². The number of nitrogens with zero attached hydrogens (tertiary/aromatic N) is 2. The van der Waals surface area contributed by atoms with Crippen molar-refractivity contribution in [1.29, 1.82) is 0 Å². The lowest BCUT2D eigenvalue weighted by Crippen LogP contribution is -2.52. The van der Waals surface area contributed by atoms with Crippen LogP contribution in [0.2, 0.25) is 5.02 Å². The maximum absolute atomic E-state index is 13.5. The zero-order valence-corrected chi connectivity index (χ0v) is 18.7. The second-order valence-corrected chi connectivity index (χ2v) is 8.99. The standard InChI is InChI=1S/C23H26ClFN4O3/c1-2-18(30)19-20(27-13-26-19)21(31)28-15-6-9-23(10-7-15)8-3-11-29(22(23)32)17-5-4-14(25)12-16(17)24/h4-5,12-13,15H,2-3,6-11H2,1H3,(H,26,27)(H,28,31). The summed E-state index contributed by atoms with van der Waals surface area (Å²) >= 11 is 6.22. The van der Waals surface area contributed by atoms with Gasteiger partial charge in [-0.3, -0.25) is 14.4 Å². The monoisotopic (exact) mass is 460 g/mol. The number of carbonyl (C=O) groups excluding carboxylic acids is 3. The minimum Gasteiger partial charge on any atom is -0.348 e. The molecule has 2 heterocycles. The fourth-order valence-corrected chi connectivity index (χ4v) is 5.15. The third-order valence-electron chi connectivity index (χ3n) is 6.67. The van der Waals surface area contributed by atoms with Gasteiger partial charge < -0.3 is 15.2 Å². The van der Waals surface area contributed by atoms with Crippen LogP contribution >= 0.6 is 11.6 Å². The number of H-pyrrole nitrogens is 1. The number of ketones is 1. The number of aromatic amines is 1. The van der Waals surface area contributed by atoms with Gasteiger partial charge in [0.2, 0.25) is 5.91 Å². The molecule has 0 radical (unpaired) electrons. The Morgan fingerprint density at radius 3 is 2.75 bits per heavy atom. The predicted octanol–water partition coefficient (Wildman–Crippen LogP) is 4.28. The van der Waals surface area contributed by atoms with Crippen LogP contribution < -0.4 is 10.2 Å². The summed E-state index contributed by atoms with van der Waals surface area (Å²) in [6.45, 7) is 2.28. The largest absolute Gasteiger partial charge is 0.348 e. The number of aromatic nitrogens is 2. The van der Waals surface area contributed by atoms with Gasteiger partial charge >= 0.3 is 0 Å². The molecule has 0 unspecified atom stereocenters. The van der Waals surface area contributed by atoms with Crippen LogP contribution in [0.15, 0.2) is 24.5 Å². The normalized spacial score (nSPS) is 23.4. The molecule has 2 aromatic rings. The van der Waals surface area contributed by atoms with Gasteiger partial charge in [0.1, 0.15) is 17.2 Å². The smallest absolute Gasteiger partial charge is 0.270 e. The van der Waals surface area contributed by atoms with Crippen molar-refractivity contribution >= 4 is 34.9 Å². The Labute approximate surface area is 190 Å². The van der Waals surface area contributed by atoms with E-state index in [0.717, 1.165) is 12.8 Å². The number of benzene rings is 1. The van der Waals surface area contributed by atoms with Gasteiger partial charge in [-0.25, -0.2) is 9.37 Å². The van der Waals surface area contributed by atoms with Crippen molar-refractivity contribution < 1.29 is 18.8 Å². The maximum atomic E-state index is 13.5. The summed E-state index contributed by atoms with van der Waals surface area (Å²) < 4.78 is 13.5. The van der Waals surface area contributed by atoms with Gasteiger partial charge in [0.15, 0.2) is 5.78 Å². The average Bonchev–Trinajstić information content (AvgIpc) is 3.27. The Bertz CT molecular complexity index is 1050. The summed E-state index contributed by atoms with van der Waals surface area (Å²) in [6, 6.07) is 4.01. The molecule has 170 valence electrons. The summed E-state index contributed by atoms with van der Waals surface area (Å²) in [5.41, 5.74) is 0.392. The van der Waals surface area contributed by atoms with Crippen molar-refractivity contribution in [2.45, 2.75) is 57.9 Å². The van der Waals surface area contributed by atoms with Crippen LogP contribution in [0.5, 0.6) is 0 Å². The lowest BCUT2D eigenvalue weighted by atomic mass is 9.67. The lowest BCUT2D eigenvalue weighted by molar-refractivity contribution is -0.132.